The van der Waals surface area contributed by atoms with Gasteiger partial charge < -0.3 is 15.0 Å². The maximum absolute atomic E-state index is 13.5. The molecule has 0 unspecified atom stereocenters. The second-order valence-corrected chi connectivity index (χ2v) is 8.19. The Balaban J connectivity index is 1.59. The zero-order valence-electron chi connectivity index (χ0n) is 18.4. The second kappa shape index (κ2) is 10.1. The van der Waals surface area contributed by atoms with Crippen LogP contribution in [0.25, 0.3) is 16.3 Å². The standard InChI is InChI=1S/C25H24N4O3S/c1-3-28(17-24(30)26-18-9-7-12-20(15-18)32-2)25(31)22-16-21(23-13-8-14-33-23)27-29(22)19-10-5-4-6-11-19/h4-16H,3,17H2,1-2H3,(H,26,30). The van der Waals surface area contributed by atoms with Gasteiger partial charge in [0.05, 0.1) is 17.7 Å². The van der Waals surface area contributed by atoms with Gasteiger partial charge in [-0.2, -0.15) is 5.10 Å². The Hall–Kier alpha value is -3.91. The van der Waals surface area contributed by atoms with Gasteiger partial charge in [-0.3, -0.25) is 9.59 Å². The zero-order valence-corrected chi connectivity index (χ0v) is 19.2. The molecule has 2 aromatic heterocycles. The number of carbonyl (C=O) groups is 2. The molecule has 0 saturated carbocycles. The minimum absolute atomic E-state index is 0.0825. The number of rotatable bonds is 8. The number of carbonyl (C=O) groups excluding carboxylic acids is 2. The molecule has 33 heavy (non-hydrogen) atoms. The number of nitrogens with one attached hydrogen (secondary N) is 1. The lowest BCUT2D eigenvalue weighted by Crippen LogP contribution is -2.38. The van der Waals surface area contributed by atoms with Gasteiger partial charge in [0, 0.05) is 18.3 Å². The molecular formula is C25H24N4O3S. The van der Waals surface area contributed by atoms with Gasteiger partial charge in [-0.1, -0.05) is 30.3 Å². The smallest absolute Gasteiger partial charge is 0.273 e. The molecule has 168 valence electrons. The minimum Gasteiger partial charge on any atom is -0.497 e. The van der Waals surface area contributed by atoms with E-state index in [-0.39, 0.29) is 18.4 Å². The van der Waals surface area contributed by atoms with Crippen LogP contribution in [0.2, 0.25) is 0 Å². The molecule has 1 N–H and O–H groups in total. The SMILES string of the molecule is CCN(CC(=O)Nc1cccc(OC)c1)C(=O)c1cc(-c2cccs2)nn1-c1ccccc1. The van der Waals surface area contributed by atoms with E-state index in [1.54, 1.807) is 53.5 Å². The lowest BCUT2D eigenvalue weighted by atomic mass is 10.2. The third-order valence-electron chi connectivity index (χ3n) is 5.06. The van der Waals surface area contributed by atoms with Crippen molar-refractivity contribution in [1.82, 2.24) is 14.7 Å². The van der Waals surface area contributed by atoms with Gasteiger partial charge in [0.1, 0.15) is 23.7 Å². The highest BCUT2D eigenvalue weighted by Gasteiger charge is 2.24. The first-order chi connectivity index (χ1) is 16.1. The van der Waals surface area contributed by atoms with E-state index in [0.29, 0.717) is 29.4 Å². The van der Waals surface area contributed by atoms with E-state index in [4.69, 9.17) is 9.84 Å². The third kappa shape index (κ3) is 5.12. The first-order valence-corrected chi connectivity index (χ1v) is 11.4. The summed E-state index contributed by atoms with van der Waals surface area (Å²) in [6.07, 6.45) is 0. The van der Waals surface area contributed by atoms with Crippen molar-refractivity contribution in [2.75, 3.05) is 25.5 Å². The number of amides is 2. The lowest BCUT2D eigenvalue weighted by Gasteiger charge is -2.21. The summed E-state index contributed by atoms with van der Waals surface area (Å²) >= 11 is 1.56. The van der Waals surface area contributed by atoms with Crippen molar-refractivity contribution in [2.24, 2.45) is 0 Å². The highest BCUT2D eigenvalue weighted by Crippen LogP contribution is 2.26. The molecule has 4 rings (SSSR count). The minimum atomic E-state index is -0.289. The molecule has 0 bridgehead atoms. The number of ether oxygens (including phenoxy) is 1. The molecule has 0 saturated heterocycles. The van der Waals surface area contributed by atoms with Crippen LogP contribution in [0.5, 0.6) is 5.75 Å². The molecule has 0 aliphatic heterocycles. The van der Waals surface area contributed by atoms with Crippen LogP contribution >= 0.6 is 11.3 Å². The van der Waals surface area contributed by atoms with Crippen molar-refractivity contribution in [3.05, 3.63) is 83.9 Å². The summed E-state index contributed by atoms with van der Waals surface area (Å²) in [5.41, 5.74) is 2.51. The Morgan fingerprint density at radius 2 is 1.88 bits per heavy atom. The van der Waals surface area contributed by atoms with Crippen molar-refractivity contribution in [1.29, 1.82) is 0 Å². The van der Waals surface area contributed by atoms with Gasteiger partial charge in [0.15, 0.2) is 0 Å². The van der Waals surface area contributed by atoms with Gasteiger partial charge in [0.2, 0.25) is 5.91 Å². The molecule has 0 atom stereocenters. The Kier molecular flexibility index (Phi) is 6.85. The van der Waals surface area contributed by atoms with Crippen LogP contribution < -0.4 is 10.1 Å². The number of likely N-dealkylation sites (N-methyl/N-ethyl adjacent to an activating group) is 1. The van der Waals surface area contributed by atoms with Crippen LogP contribution in [0, 0.1) is 0 Å². The van der Waals surface area contributed by atoms with Gasteiger partial charge in [0.25, 0.3) is 5.91 Å². The molecule has 4 aromatic rings. The molecule has 2 aromatic carbocycles. The summed E-state index contributed by atoms with van der Waals surface area (Å²) in [5.74, 6) is 0.0873. The van der Waals surface area contributed by atoms with Crippen LogP contribution in [-0.4, -0.2) is 46.7 Å². The molecule has 0 aliphatic rings. The molecule has 8 heteroatoms. The van der Waals surface area contributed by atoms with Crippen LogP contribution in [-0.2, 0) is 4.79 Å². The number of methoxy groups -OCH3 is 1. The Labute approximate surface area is 196 Å². The van der Waals surface area contributed by atoms with Crippen molar-refractivity contribution in [3.8, 4) is 22.0 Å². The van der Waals surface area contributed by atoms with Crippen LogP contribution in [0.3, 0.4) is 0 Å². The fourth-order valence-corrected chi connectivity index (χ4v) is 4.09. The zero-order chi connectivity index (χ0) is 23.2. The van der Waals surface area contributed by atoms with Crippen molar-refractivity contribution in [3.63, 3.8) is 0 Å². The van der Waals surface area contributed by atoms with E-state index in [1.165, 1.54) is 4.90 Å². The van der Waals surface area contributed by atoms with Crippen molar-refractivity contribution in [2.45, 2.75) is 6.92 Å². The second-order valence-electron chi connectivity index (χ2n) is 7.24. The topological polar surface area (TPSA) is 76.5 Å². The maximum atomic E-state index is 13.5. The quantitative estimate of drug-likeness (QED) is 0.413. The van der Waals surface area contributed by atoms with E-state index in [2.05, 4.69) is 5.32 Å². The molecule has 2 heterocycles. The van der Waals surface area contributed by atoms with Crippen molar-refractivity contribution >= 4 is 28.8 Å². The van der Waals surface area contributed by atoms with E-state index in [1.807, 2.05) is 54.8 Å². The summed E-state index contributed by atoms with van der Waals surface area (Å²) in [4.78, 5) is 28.7. The molecule has 0 spiro atoms. The van der Waals surface area contributed by atoms with Crippen LogP contribution in [0.1, 0.15) is 17.4 Å². The number of hydrogen-bond acceptors (Lipinski definition) is 5. The maximum Gasteiger partial charge on any atom is 0.273 e. The van der Waals surface area contributed by atoms with Crippen LogP contribution in [0.15, 0.2) is 78.2 Å². The first-order valence-electron chi connectivity index (χ1n) is 10.5. The summed E-state index contributed by atoms with van der Waals surface area (Å²) in [5, 5.41) is 9.49. The number of para-hydroxylation sites is 1. The molecular weight excluding hydrogens is 436 g/mol. The number of aromatic nitrogens is 2. The summed E-state index contributed by atoms with van der Waals surface area (Å²) in [6.45, 7) is 2.14. The van der Waals surface area contributed by atoms with E-state index in [9.17, 15) is 9.59 Å². The largest absolute Gasteiger partial charge is 0.497 e. The molecule has 0 aliphatic carbocycles. The Bertz CT molecular complexity index is 1240. The van der Waals surface area contributed by atoms with Gasteiger partial charge in [-0.25, -0.2) is 4.68 Å². The van der Waals surface area contributed by atoms with E-state index < -0.39 is 0 Å². The highest BCUT2D eigenvalue weighted by molar-refractivity contribution is 7.13. The monoisotopic (exact) mass is 460 g/mol. The lowest BCUT2D eigenvalue weighted by molar-refractivity contribution is -0.116. The van der Waals surface area contributed by atoms with Gasteiger partial charge in [-0.15, -0.1) is 11.3 Å². The molecule has 7 nitrogen and oxygen atoms in total. The summed E-state index contributed by atoms with van der Waals surface area (Å²) < 4.78 is 6.84. The van der Waals surface area contributed by atoms with Crippen LogP contribution in [0.4, 0.5) is 5.69 Å². The van der Waals surface area contributed by atoms with Gasteiger partial charge in [-0.05, 0) is 48.7 Å². The number of nitrogens with zero attached hydrogens (tertiary/aromatic N) is 3. The van der Waals surface area contributed by atoms with E-state index >= 15 is 0 Å². The Morgan fingerprint density at radius 1 is 1.06 bits per heavy atom. The number of thiophene rings is 1. The first kappa shape index (κ1) is 22.3. The molecule has 0 fully saturated rings. The normalized spacial score (nSPS) is 10.6. The average Bonchev–Trinajstić information content (AvgIpc) is 3.53. The van der Waals surface area contributed by atoms with Gasteiger partial charge >= 0.3 is 0 Å². The predicted molar refractivity (Wildman–Crippen MR) is 130 cm³/mol. The van der Waals surface area contributed by atoms with E-state index in [0.717, 1.165) is 10.6 Å². The summed E-state index contributed by atoms with van der Waals surface area (Å²) in [6, 6.07) is 22.3. The Morgan fingerprint density at radius 3 is 2.58 bits per heavy atom. The fourth-order valence-electron chi connectivity index (χ4n) is 3.41. The van der Waals surface area contributed by atoms with Crippen molar-refractivity contribution < 1.29 is 14.3 Å². The number of benzene rings is 2. The fraction of sp³-hybridized carbons (Fsp3) is 0.160. The molecule has 2 amide bonds. The summed E-state index contributed by atoms with van der Waals surface area (Å²) in [7, 11) is 1.57. The number of anilines is 1. The molecule has 0 radical (unpaired) electrons. The third-order valence-corrected chi connectivity index (χ3v) is 5.95. The number of hydrogen-bond donors (Lipinski definition) is 1. The highest BCUT2D eigenvalue weighted by atomic mass is 32.1. The average molecular weight is 461 g/mol. The predicted octanol–water partition coefficient (Wildman–Crippen LogP) is 4.71.